The average Bonchev–Trinajstić information content (AvgIpc) is 2.51. The van der Waals surface area contributed by atoms with Crippen LogP contribution in [0.3, 0.4) is 0 Å². The second-order valence-corrected chi connectivity index (χ2v) is 4.08. The zero-order valence-electron chi connectivity index (χ0n) is 7.21. The first-order valence-electron chi connectivity index (χ1n) is 3.96. The molecule has 1 rings (SSSR count). The molecule has 0 amide bonds. The minimum absolute atomic E-state index is 0.223. The van der Waals surface area contributed by atoms with Crippen molar-refractivity contribution in [1.82, 2.24) is 0 Å². The van der Waals surface area contributed by atoms with Crippen LogP contribution in [0.25, 0.3) is 0 Å². The van der Waals surface area contributed by atoms with Gasteiger partial charge in [-0.2, -0.15) is 13.2 Å². The van der Waals surface area contributed by atoms with E-state index in [1.165, 1.54) is 6.07 Å². The topological polar surface area (TPSA) is 46.2 Å². The van der Waals surface area contributed by atoms with Crippen molar-refractivity contribution in [3.63, 3.8) is 0 Å². The number of hydrogen-bond acceptors (Lipinski definition) is 3. The van der Waals surface area contributed by atoms with E-state index in [9.17, 15) is 13.2 Å². The quantitative estimate of drug-likeness (QED) is 0.821. The smallest absolute Gasteiger partial charge is 0.395 e. The molecule has 14 heavy (non-hydrogen) atoms. The van der Waals surface area contributed by atoms with Crippen LogP contribution in [0.4, 0.5) is 13.2 Å². The van der Waals surface area contributed by atoms with E-state index in [0.29, 0.717) is 16.2 Å². The molecular formula is C8H10F3NOS. The highest BCUT2D eigenvalue weighted by Gasteiger charge is 2.32. The lowest BCUT2D eigenvalue weighted by Gasteiger charge is -2.05. The summed E-state index contributed by atoms with van der Waals surface area (Å²) in [5, 5.41) is 8.62. The van der Waals surface area contributed by atoms with Crippen LogP contribution in [0.1, 0.15) is 9.75 Å². The van der Waals surface area contributed by atoms with E-state index >= 15 is 0 Å². The summed E-state index contributed by atoms with van der Waals surface area (Å²) >= 11 is 0.667. The summed E-state index contributed by atoms with van der Waals surface area (Å²) in [6, 6.07) is 1.93. The Morgan fingerprint density at radius 2 is 2.07 bits per heavy atom. The summed E-state index contributed by atoms with van der Waals surface area (Å²) in [5.41, 5.74) is 5.40. The first kappa shape index (κ1) is 11.5. The van der Waals surface area contributed by atoms with E-state index in [0.717, 1.165) is 6.07 Å². The molecule has 0 aliphatic heterocycles. The number of hydrogen-bond donors (Lipinski definition) is 2. The maximum absolute atomic E-state index is 12.2. The minimum Gasteiger partial charge on any atom is -0.395 e. The van der Waals surface area contributed by atoms with Crippen molar-refractivity contribution < 1.29 is 18.3 Å². The number of aliphatic hydroxyl groups excluding tert-OH is 1. The third-order valence-electron chi connectivity index (χ3n) is 1.64. The average molecular weight is 225 g/mol. The van der Waals surface area contributed by atoms with Gasteiger partial charge in [0.25, 0.3) is 0 Å². The largest absolute Gasteiger partial charge is 0.425 e. The van der Waals surface area contributed by atoms with Crippen molar-refractivity contribution in [1.29, 1.82) is 0 Å². The maximum Gasteiger partial charge on any atom is 0.425 e. The number of aliphatic hydroxyl groups is 1. The highest BCUT2D eigenvalue weighted by Crippen LogP contribution is 2.34. The highest BCUT2D eigenvalue weighted by atomic mass is 32.1. The van der Waals surface area contributed by atoms with Crippen LogP contribution in [0.2, 0.25) is 0 Å². The van der Waals surface area contributed by atoms with Gasteiger partial charge in [-0.1, -0.05) is 0 Å². The molecule has 1 aromatic rings. The summed E-state index contributed by atoms with van der Waals surface area (Å²) in [7, 11) is 0. The molecule has 0 saturated heterocycles. The Balaban J connectivity index is 2.69. The summed E-state index contributed by atoms with van der Waals surface area (Å²) in [4.78, 5) is -0.0866. The highest BCUT2D eigenvalue weighted by molar-refractivity contribution is 7.12. The lowest BCUT2D eigenvalue weighted by Crippen LogP contribution is -2.26. The van der Waals surface area contributed by atoms with Gasteiger partial charge in [0, 0.05) is 10.9 Å². The summed E-state index contributed by atoms with van der Waals surface area (Å²) in [6.07, 6.45) is -4.01. The first-order chi connectivity index (χ1) is 6.43. The third kappa shape index (κ3) is 2.97. The van der Waals surface area contributed by atoms with Crippen molar-refractivity contribution in [2.45, 2.75) is 18.6 Å². The second kappa shape index (κ2) is 4.29. The van der Waals surface area contributed by atoms with Gasteiger partial charge >= 0.3 is 6.18 Å². The Bertz CT molecular complexity index is 297. The molecule has 0 aromatic carbocycles. The molecule has 0 saturated carbocycles. The molecule has 2 nitrogen and oxygen atoms in total. The van der Waals surface area contributed by atoms with Gasteiger partial charge in [0.1, 0.15) is 4.88 Å². The molecule has 80 valence electrons. The molecule has 0 aliphatic rings. The minimum atomic E-state index is -4.29. The molecule has 1 aromatic heterocycles. The van der Waals surface area contributed by atoms with E-state index in [2.05, 4.69) is 0 Å². The Morgan fingerprint density at radius 1 is 1.43 bits per heavy atom. The van der Waals surface area contributed by atoms with Crippen molar-refractivity contribution in [3.05, 3.63) is 21.9 Å². The maximum atomic E-state index is 12.2. The zero-order chi connectivity index (χ0) is 10.8. The lowest BCUT2D eigenvalue weighted by atomic mass is 10.2. The van der Waals surface area contributed by atoms with Gasteiger partial charge < -0.3 is 10.8 Å². The number of thiophene rings is 1. The normalized spacial score (nSPS) is 14.4. The summed E-state index contributed by atoms with van der Waals surface area (Å²) < 4.78 is 36.5. The second-order valence-electron chi connectivity index (χ2n) is 2.91. The monoisotopic (exact) mass is 225 g/mol. The van der Waals surface area contributed by atoms with Crippen LogP contribution < -0.4 is 5.73 Å². The fourth-order valence-corrected chi connectivity index (χ4v) is 1.93. The molecule has 6 heteroatoms. The molecule has 0 aliphatic carbocycles. The molecule has 1 heterocycles. The van der Waals surface area contributed by atoms with Gasteiger partial charge in [-0.3, -0.25) is 0 Å². The van der Waals surface area contributed by atoms with Gasteiger partial charge in [0.15, 0.2) is 0 Å². The molecule has 0 spiro atoms. The summed E-state index contributed by atoms with van der Waals surface area (Å²) in [5.74, 6) is 0. The fourth-order valence-electron chi connectivity index (χ4n) is 0.963. The van der Waals surface area contributed by atoms with Crippen LogP contribution in [0, 0.1) is 0 Å². The molecule has 0 radical (unpaired) electrons. The Hall–Kier alpha value is -0.590. The van der Waals surface area contributed by atoms with Crippen molar-refractivity contribution in [2.24, 2.45) is 5.73 Å². The number of rotatable bonds is 3. The van der Waals surface area contributed by atoms with Gasteiger partial charge in [0.2, 0.25) is 0 Å². The van der Waals surface area contributed by atoms with Gasteiger partial charge in [-0.25, -0.2) is 0 Å². The zero-order valence-corrected chi connectivity index (χ0v) is 8.03. The summed E-state index contributed by atoms with van der Waals surface area (Å²) in [6.45, 7) is -0.223. The van der Waals surface area contributed by atoms with E-state index in [1.54, 1.807) is 0 Å². The van der Waals surface area contributed by atoms with Crippen molar-refractivity contribution in [2.75, 3.05) is 6.61 Å². The van der Waals surface area contributed by atoms with Gasteiger partial charge in [0.05, 0.1) is 6.61 Å². The molecule has 0 bridgehead atoms. The lowest BCUT2D eigenvalue weighted by molar-refractivity contribution is -0.134. The van der Waals surface area contributed by atoms with Crippen molar-refractivity contribution >= 4 is 11.3 Å². The van der Waals surface area contributed by atoms with Gasteiger partial charge in [-0.05, 0) is 18.6 Å². The number of alkyl halides is 3. The fraction of sp³-hybridized carbons (Fsp3) is 0.500. The van der Waals surface area contributed by atoms with E-state index in [1.807, 2.05) is 0 Å². The van der Waals surface area contributed by atoms with Crippen molar-refractivity contribution in [3.8, 4) is 0 Å². The van der Waals surface area contributed by atoms with Crippen LogP contribution in [-0.2, 0) is 12.6 Å². The first-order valence-corrected chi connectivity index (χ1v) is 4.77. The molecule has 0 fully saturated rings. The van der Waals surface area contributed by atoms with E-state index in [-0.39, 0.29) is 13.0 Å². The molecular weight excluding hydrogens is 215 g/mol. The predicted octanol–water partition coefficient (Wildman–Crippen LogP) is 1.63. The standard InChI is InChI=1S/C8H10F3NOS/c9-8(10,11)7-2-1-6(14-7)3-5(12)4-13/h1-2,5,13H,3-4,12H2. The molecule has 3 N–H and O–H groups in total. The predicted molar refractivity (Wildman–Crippen MR) is 48.1 cm³/mol. The number of halogens is 3. The number of nitrogens with two attached hydrogens (primary N) is 1. The Labute approximate surface area is 83.2 Å². The molecule has 1 unspecified atom stereocenters. The Morgan fingerprint density at radius 3 is 2.50 bits per heavy atom. The van der Waals surface area contributed by atoms with E-state index < -0.39 is 17.1 Å². The molecule has 1 atom stereocenters. The van der Waals surface area contributed by atoms with Crippen LogP contribution >= 0.6 is 11.3 Å². The van der Waals surface area contributed by atoms with Crippen LogP contribution in [0.5, 0.6) is 0 Å². The van der Waals surface area contributed by atoms with E-state index in [4.69, 9.17) is 10.8 Å². The third-order valence-corrected chi connectivity index (χ3v) is 2.79. The van der Waals surface area contributed by atoms with Gasteiger partial charge in [-0.15, -0.1) is 11.3 Å². The Kier molecular flexibility index (Phi) is 3.52. The van der Waals surface area contributed by atoms with Crippen LogP contribution in [0.15, 0.2) is 12.1 Å². The van der Waals surface area contributed by atoms with Crippen LogP contribution in [-0.4, -0.2) is 17.8 Å². The SMILES string of the molecule is NC(CO)Cc1ccc(C(F)(F)F)s1.